The highest BCUT2D eigenvalue weighted by molar-refractivity contribution is 9.10. The summed E-state index contributed by atoms with van der Waals surface area (Å²) >= 11 is 3.31. The van der Waals surface area contributed by atoms with Gasteiger partial charge in [-0.05, 0) is 18.2 Å². The van der Waals surface area contributed by atoms with E-state index >= 15 is 0 Å². The van der Waals surface area contributed by atoms with E-state index in [4.69, 9.17) is 5.73 Å². The van der Waals surface area contributed by atoms with Crippen LogP contribution in [0, 0.1) is 5.82 Å². The van der Waals surface area contributed by atoms with Crippen LogP contribution in [0.5, 0.6) is 0 Å². The zero-order chi connectivity index (χ0) is 10.8. The summed E-state index contributed by atoms with van der Waals surface area (Å²) in [4.78, 5) is 7.96. The molecule has 0 atom stereocenters. The third-order valence-electron chi connectivity index (χ3n) is 1.91. The van der Waals surface area contributed by atoms with Crippen molar-refractivity contribution in [1.29, 1.82) is 0 Å². The molecule has 3 nitrogen and oxygen atoms in total. The second-order valence-electron chi connectivity index (χ2n) is 2.91. The van der Waals surface area contributed by atoms with Gasteiger partial charge in [-0.15, -0.1) is 0 Å². The van der Waals surface area contributed by atoms with E-state index in [1.807, 2.05) is 0 Å². The molecule has 0 saturated heterocycles. The molecule has 0 fully saturated rings. The second-order valence-corrected chi connectivity index (χ2v) is 3.77. The van der Waals surface area contributed by atoms with Gasteiger partial charge in [0.1, 0.15) is 17.3 Å². The summed E-state index contributed by atoms with van der Waals surface area (Å²) in [6.45, 7) is 0. The van der Waals surface area contributed by atoms with Crippen LogP contribution in [0.2, 0.25) is 0 Å². The number of nitrogens with two attached hydrogens (primary N) is 1. The zero-order valence-electron chi connectivity index (χ0n) is 7.61. The van der Waals surface area contributed by atoms with Crippen molar-refractivity contribution in [1.82, 2.24) is 9.97 Å². The maximum absolute atomic E-state index is 13.1. The van der Waals surface area contributed by atoms with Crippen molar-refractivity contribution >= 4 is 21.7 Å². The van der Waals surface area contributed by atoms with Crippen molar-refractivity contribution in [2.24, 2.45) is 0 Å². The number of hydrogen-bond acceptors (Lipinski definition) is 3. The van der Waals surface area contributed by atoms with Gasteiger partial charge in [-0.1, -0.05) is 15.9 Å². The Morgan fingerprint density at radius 1 is 1.20 bits per heavy atom. The summed E-state index contributed by atoms with van der Waals surface area (Å²) in [6, 6.07) is 4.34. The van der Waals surface area contributed by atoms with Crippen LogP contribution >= 0.6 is 15.9 Å². The van der Waals surface area contributed by atoms with Crippen LogP contribution < -0.4 is 5.73 Å². The summed E-state index contributed by atoms with van der Waals surface area (Å²) in [7, 11) is 0. The largest absolute Gasteiger partial charge is 0.382 e. The van der Waals surface area contributed by atoms with Gasteiger partial charge in [0.05, 0.1) is 0 Å². The molecule has 2 rings (SSSR count). The van der Waals surface area contributed by atoms with E-state index in [9.17, 15) is 4.39 Å². The number of aromatic nitrogens is 2. The third-order valence-corrected chi connectivity index (χ3v) is 2.60. The molecule has 0 unspecified atom stereocenters. The van der Waals surface area contributed by atoms with E-state index < -0.39 is 0 Å². The monoisotopic (exact) mass is 267 g/mol. The Morgan fingerprint density at radius 3 is 2.67 bits per heavy atom. The topological polar surface area (TPSA) is 51.8 Å². The van der Waals surface area contributed by atoms with Gasteiger partial charge in [-0.25, -0.2) is 9.37 Å². The van der Waals surface area contributed by atoms with Crippen molar-refractivity contribution in [3.63, 3.8) is 0 Å². The molecule has 0 bridgehead atoms. The third kappa shape index (κ3) is 1.97. The molecule has 1 aromatic heterocycles. The lowest BCUT2D eigenvalue weighted by atomic mass is 10.1. The Bertz CT molecular complexity index is 502. The van der Waals surface area contributed by atoms with Crippen LogP contribution in [-0.2, 0) is 0 Å². The molecule has 15 heavy (non-hydrogen) atoms. The van der Waals surface area contributed by atoms with Crippen molar-refractivity contribution in [2.45, 2.75) is 0 Å². The van der Waals surface area contributed by atoms with E-state index in [-0.39, 0.29) is 11.6 Å². The standard InChI is InChI=1S/C10H7BrFN3/c11-8-2-1-6(12)5-7(8)9-10(13)15-4-3-14-9/h1-5H,(H2,13,15). The van der Waals surface area contributed by atoms with E-state index in [0.29, 0.717) is 11.3 Å². The first kappa shape index (κ1) is 10.0. The number of anilines is 1. The van der Waals surface area contributed by atoms with Gasteiger partial charge in [-0.3, -0.25) is 4.98 Å². The van der Waals surface area contributed by atoms with Crippen molar-refractivity contribution in [3.05, 3.63) is 40.9 Å². The average molecular weight is 268 g/mol. The van der Waals surface area contributed by atoms with Gasteiger partial charge in [-0.2, -0.15) is 0 Å². The summed E-state index contributed by atoms with van der Waals surface area (Å²) in [5.74, 6) is -0.0537. The van der Waals surface area contributed by atoms with Crippen LogP contribution in [0.25, 0.3) is 11.3 Å². The van der Waals surface area contributed by atoms with E-state index in [1.165, 1.54) is 24.5 Å². The second kappa shape index (κ2) is 3.94. The molecule has 0 spiro atoms. The highest BCUT2D eigenvalue weighted by Crippen LogP contribution is 2.29. The van der Waals surface area contributed by atoms with Crippen LogP contribution in [0.4, 0.5) is 10.2 Å². The Kier molecular flexibility index (Phi) is 2.64. The number of nitrogen functional groups attached to an aromatic ring is 1. The summed E-state index contributed by atoms with van der Waals surface area (Å²) in [6.07, 6.45) is 3.01. The fourth-order valence-corrected chi connectivity index (χ4v) is 1.67. The molecule has 0 amide bonds. The zero-order valence-corrected chi connectivity index (χ0v) is 9.20. The maximum Gasteiger partial charge on any atom is 0.150 e. The molecule has 0 aliphatic heterocycles. The van der Waals surface area contributed by atoms with E-state index in [1.54, 1.807) is 6.07 Å². The highest BCUT2D eigenvalue weighted by atomic mass is 79.9. The predicted octanol–water partition coefficient (Wildman–Crippen LogP) is 2.63. The minimum atomic E-state index is -0.335. The first-order chi connectivity index (χ1) is 7.18. The van der Waals surface area contributed by atoms with Gasteiger partial charge in [0, 0.05) is 22.4 Å². The predicted molar refractivity (Wildman–Crippen MR) is 59.5 cm³/mol. The average Bonchev–Trinajstić information content (AvgIpc) is 2.23. The first-order valence-electron chi connectivity index (χ1n) is 4.20. The Balaban J connectivity index is 2.64. The fraction of sp³-hybridized carbons (Fsp3) is 0. The molecule has 0 radical (unpaired) electrons. The van der Waals surface area contributed by atoms with Gasteiger partial charge < -0.3 is 5.73 Å². The fourth-order valence-electron chi connectivity index (χ4n) is 1.24. The van der Waals surface area contributed by atoms with Crippen LogP contribution in [0.3, 0.4) is 0 Å². The lowest BCUT2D eigenvalue weighted by Gasteiger charge is -2.05. The minimum Gasteiger partial charge on any atom is -0.382 e. The van der Waals surface area contributed by atoms with Crippen molar-refractivity contribution < 1.29 is 4.39 Å². The van der Waals surface area contributed by atoms with Crippen LogP contribution in [0.15, 0.2) is 35.1 Å². The summed E-state index contributed by atoms with van der Waals surface area (Å²) in [5, 5.41) is 0. The van der Waals surface area contributed by atoms with E-state index in [2.05, 4.69) is 25.9 Å². The number of nitrogens with zero attached hydrogens (tertiary/aromatic N) is 2. The number of halogens is 2. The van der Waals surface area contributed by atoms with Crippen LogP contribution in [0.1, 0.15) is 0 Å². The lowest BCUT2D eigenvalue weighted by molar-refractivity contribution is 0.628. The van der Waals surface area contributed by atoms with Crippen LogP contribution in [-0.4, -0.2) is 9.97 Å². The molecule has 2 aromatic rings. The highest BCUT2D eigenvalue weighted by Gasteiger charge is 2.09. The molecule has 2 N–H and O–H groups in total. The molecule has 1 heterocycles. The number of hydrogen-bond donors (Lipinski definition) is 1. The Morgan fingerprint density at radius 2 is 1.93 bits per heavy atom. The Labute approximate surface area is 94.3 Å². The quantitative estimate of drug-likeness (QED) is 0.864. The molecule has 1 aromatic carbocycles. The summed E-state index contributed by atoms with van der Waals surface area (Å²) < 4.78 is 13.8. The molecule has 76 valence electrons. The van der Waals surface area contributed by atoms with Crippen molar-refractivity contribution in [2.75, 3.05) is 5.73 Å². The van der Waals surface area contributed by atoms with Crippen molar-refractivity contribution in [3.8, 4) is 11.3 Å². The molecule has 0 aliphatic carbocycles. The van der Waals surface area contributed by atoms with Gasteiger partial charge in [0.25, 0.3) is 0 Å². The Hall–Kier alpha value is -1.49. The molecular weight excluding hydrogens is 261 g/mol. The molecular formula is C10H7BrFN3. The SMILES string of the molecule is Nc1nccnc1-c1cc(F)ccc1Br. The first-order valence-corrected chi connectivity index (χ1v) is 4.99. The number of benzene rings is 1. The lowest BCUT2D eigenvalue weighted by Crippen LogP contribution is -1.96. The summed E-state index contributed by atoms with van der Waals surface area (Å²) in [5.41, 5.74) is 6.73. The molecule has 5 heteroatoms. The minimum absolute atomic E-state index is 0.281. The van der Waals surface area contributed by atoms with Gasteiger partial charge in [0.2, 0.25) is 0 Å². The van der Waals surface area contributed by atoms with Gasteiger partial charge >= 0.3 is 0 Å². The maximum atomic E-state index is 13.1. The van der Waals surface area contributed by atoms with Gasteiger partial charge in [0.15, 0.2) is 0 Å². The smallest absolute Gasteiger partial charge is 0.150 e. The number of rotatable bonds is 1. The molecule has 0 saturated carbocycles. The normalized spacial score (nSPS) is 10.3. The molecule has 0 aliphatic rings. The van der Waals surface area contributed by atoms with E-state index in [0.717, 1.165) is 4.47 Å².